The van der Waals surface area contributed by atoms with Gasteiger partial charge in [0, 0.05) is 12.0 Å². The minimum absolute atomic E-state index is 0.0378. The summed E-state index contributed by atoms with van der Waals surface area (Å²) in [6.45, 7) is 7.27. The maximum atomic E-state index is 11.6. The first kappa shape index (κ1) is 19.1. The monoisotopic (exact) mass is 326 g/mol. The van der Waals surface area contributed by atoms with Crippen LogP contribution in [0.15, 0.2) is 47.8 Å². The van der Waals surface area contributed by atoms with Gasteiger partial charge in [-0.05, 0) is 30.6 Å². The number of aliphatic carboxylic acids is 1. The predicted octanol–water partition coefficient (Wildman–Crippen LogP) is 4.32. The molecule has 0 unspecified atom stereocenters. The van der Waals surface area contributed by atoms with E-state index in [0.29, 0.717) is 29.5 Å². The highest BCUT2D eigenvalue weighted by Crippen LogP contribution is 2.25. The Morgan fingerprint density at radius 2 is 2.00 bits per heavy atom. The Bertz CT molecular complexity index is 745. The normalized spacial score (nSPS) is 12.3. The number of allylic oxidation sites excluding steroid dienone is 2. The Kier molecular flexibility index (Phi) is 6.88. The number of aliphatic hydroxyl groups excluding tert-OH is 2. The minimum Gasteiger partial charge on any atom is -0.511 e. The van der Waals surface area contributed by atoms with E-state index in [1.807, 2.05) is 13.8 Å². The van der Waals surface area contributed by atoms with Crippen LogP contribution in [0.3, 0.4) is 0 Å². The van der Waals surface area contributed by atoms with Gasteiger partial charge in [0.25, 0.3) is 0 Å². The smallest absolute Gasteiger partial charge is 0.339 e. The number of rotatable bonds is 7. The van der Waals surface area contributed by atoms with Crippen molar-refractivity contribution in [3.8, 4) is 12.3 Å². The maximum Gasteiger partial charge on any atom is 0.339 e. The quantitative estimate of drug-likeness (QED) is 0.302. The zero-order valence-corrected chi connectivity index (χ0v) is 14.0. The average Bonchev–Trinajstić information content (AvgIpc) is 2.47. The molecule has 0 saturated carbocycles. The van der Waals surface area contributed by atoms with Gasteiger partial charge in [0.1, 0.15) is 17.1 Å². The molecule has 0 aliphatic carbocycles. The Labute approximate surface area is 142 Å². The number of hydrogen-bond acceptors (Lipinski definition) is 3. The van der Waals surface area contributed by atoms with Crippen LogP contribution in [-0.2, 0) is 11.2 Å². The van der Waals surface area contributed by atoms with Crippen molar-refractivity contribution in [1.82, 2.24) is 0 Å². The van der Waals surface area contributed by atoms with Crippen molar-refractivity contribution in [3.05, 3.63) is 64.4 Å². The van der Waals surface area contributed by atoms with Crippen LogP contribution in [0.2, 0.25) is 0 Å². The third kappa shape index (κ3) is 4.79. The van der Waals surface area contributed by atoms with E-state index in [1.165, 1.54) is 6.08 Å². The van der Waals surface area contributed by atoms with E-state index in [9.17, 15) is 20.1 Å². The van der Waals surface area contributed by atoms with E-state index < -0.39 is 5.97 Å². The van der Waals surface area contributed by atoms with Crippen LogP contribution in [0.25, 0.3) is 5.76 Å². The lowest BCUT2D eigenvalue weighted by Crippen LogP contribution is -2.10. The average molecular weight is 326 g/mol. The molecule has 0 atom stereocenters. The molecule has 0 aromatic heterocycles. The Balaban J connectivity index is 3.42. The molecule has 0 fully saturated rings. The first-order valence-electron chi connectivity index (χ1n) is 7.60. The second kappa shape index (κ2) is 8.64. The van der Waals surface area contributed by atoms with Crippen LogP contribution >= 0.6 is 0 Å². The van der Waals surface area contributed by atoms with Crippen molar-refractivity contribution in [2.24, 2.45) is 0 Å². The summed E-state index contributed by atoms with van der Waals surface area (Å²) >= 11 is 0. The fourth-order valence-corrected chi connectivity index (χ4v) is 2.50. The van der Waals surface area contributed by atoms with Crippen molar-refractivity contribution < 1.29 is 20.1 Å². The van der Waals surface area contributed by atoms with Crippen molar-refractivity contribution >= 4 is 11.7 Å². The first-order valence-corrected chi connectivity index (χ1v) is 7.60. The van der Waals surface area contributed by atoms with Gasteiger partial charge in [-0.2, -0.15) is 0 Å². The predicted molar refractivity (Wildman–Crippen MR) is 95.7 cm³/mol. The number of carboxylic acids is 1. The summed E-state index contributed by atoms with van der Waals surface area (Å²) in [5, 5.41) is 29.6. The lowest BCUT2D eigenvalue weighted by atomic mass is 9.94. The molecule has 0 aliphatic rings. The van der Waals surface area contributed by atoms with Gasteiger partial charge in [-0.1, -0.05) is 49.6 Å². The van der Waals surface area contributed by atoms with Gasteiger partial charge in [-0.3, -0.25) is 0 Å². The molecule has 24 heavy (non-hydrogen) atoms. The molecule has 0 amide bonds. The molecule has 1 aromatic rings. The van der Waals surface area contributed by atoms with Gasteiger partial charge in [0.05, 0.1) is 0 Å². The zero-order valence-electron chi connectivity index (χ0n) is 14.0. The van der Waals surface area contributed by atoms with Crippen molar-refractivity contribution in [1.29, 1.82) is 0 Å². The molecule has 0 heterocycles. The summed E-state index contributed by atoms with van der Waals surface area (Å²) in [6, 6.07) is 5.27. The number of benzene rings is 1. The van der Waals surface area contributed by atoms with Crippen LogP contribution in [-0.4, -0.2) is 21.3 Å². The Hall–Kier alpha value is -2.93. The first-order chi connectivity index (χ1) is 11.3. The third-order valence-corrected chi connectivity index (χ3v) is 3.53. The van der Waals surface area contributed by atoms with Gasteiger partial charge in [0.15, 0.2) is 0 Å². The van der Waals surface area contributed by atoms with E-state index in [-0.39, 0.29) is 23.5 Å². The van der Waals surface area contributed by atoms with Crippen LogP contribution in [0.5, 0.6) is 0 Å². The molecular formula is C20H22O4. The molecule has 1 aromatic carbocycles. The van der Waals surface area contributed by atoms with Gasteiger partial charge < -0.3 is 15.3 Å². The van der Waals surface area contributed by atoms with Gasteiger partial charge in [-0.25, -0.2) is 4.79 Å². The van der Waals surface area contributed by atoms with Gasteiger partial charge in [0.2, 0.25) is 0 Å². The van der Waals surface area contributed by atoms with E-state index in [0.717, 1.165) is 5.56 Å². The number of aliphatic hydroxyl groups is 2. The van der Waals surface area contributed by atoms with Crippen molar-refractivity contribution in [2.45, 2.75) is 33.1 Å². The molecule has 0 spiro atoms. The highest BCUT2D eigenvalue weighted by Gasteiger charge is 2.20. The Morgan fingerprint density at radius 1 is 1.33 bits per heavy atom. The van der Waals surface area contributed by atoms with Gasteiger partial charge >= 0.3 is 5.97 Å². The molecule has 4 nitrogen and oxygen atoms in total. The summed E-state index contributed by atoms with van der Waals surface area (Å²) < 4.78 is 0. The molecule has 0 radical (unpaired) electrons. The lowest BCUT2D eigenvalue weighted by molar-refractivity contribution is -0.132. The summed E-state index contributed by atoms with van der Waals surface area (Å²) in [5.41, 5.74) is 2.20. The molecule has 1 rings (SSSR count). The molecule has 0 aliphatic heterocycles. The highest BCUT2D eigenvalue weighted by molar-refractivity contribution is 5.92. The zero-order chi connectivity index (χ0) is 18.3. The minimum atomic E-state index is -1.24. The summed E-state index contributed by atoms with van der Waals surface area (Å²) in [6.07, 6.45) is 7.74. The maximum absolute atomic E-state index is 11.6. The molecule has 4 heteroatoms. The second-order valence-electron chi connectivity index (χ2n) is 5.50. The molecule has 126 valence electrons. The summed E-state index contributed by atoms with van der Waals surface area (Å²) in [4.78, 5) is 11.6. The third-order valence-electron chi connectivity index (χ3n) is 3.53. The van der Waals surface area contributed by atoms with E-state index in [2.05, 4.69) is 12.5 Å². The number of carboxylic acid groups (broad SMARTS) is 1. The van der Waals surface area contributed by atoms with Crippen LogP contribution in [0.1, 0.15) is 36.5 Å². The topological polar surface area (TPSA) is 77.8 Å². The molecule has 0 saturated heterocycles. The summed E-state index contributed by atoms with van der Waals surface area (Å²) in [5.74, 6) is 0.647. The fourth-order valence-electron chi connectivity index (χ4n) is 2.50. The summed E-state index contributed by atoms with van der Waals surface area (Å²) in [7, 11) is 0. The van der Waals surface area contributed by atoms with Gasteiger partial charge in [-0.15, -0.1) is 6.42 Å². The highest BCUT2D eigenvalue weighted by atomic mass is 16.4. The van der Waals surface area contributed by atoms with E-state index in [4.69, 9.17) is 6.42 Å². The van der Waals surface area contributed by atoms with E-state index >= 15 is 0 Å². The van der Waals surface area contributed by atoms with Crippen molar-refractivity contribution in [3.63, 3.8) is 0 Å². The largest absolute Gasteiger partial charge is 0.511 e. The Morgan fingerprint density at radius 3 is 2.50 bits per heavy atom. The fraction of sp³-hybridized carbons (Fsp3) is 0.250. The number of carbonyl (C=O) groups is 1. The van der Waals surface area contributed by atoms with Crippen molar-refractivity contribution in [2.75, 3.05) is 0 Å². The van der Waals surface area contributed by atoms with Crippen LogP contribution in [0.4, 0.5) is 0 Å². The SMILES string of the molecule is C#C/C=C(CCC)\C(C(=O)O)=C(\O)Cc1cc(C)ccc1C(=C)O. The molecule has 0 bridgehead atoms. The van der Waals surface area contributed by atoms with Crippen LogP contribution in [0, 0.1) is 19.3 Å². The van der Waals surface area contributed by atoms with E-state index in [1.54, 1.807) is 18.2 Å². The second-order valence-corrected chi connectivity index (χ2v) is 5.50. The number of terminal acetylenes is 1. The van der Waals surface area contributed by atoms with Crippen LogP contribution < -0.4 is 0 Å². The standard InChI is InChI=1S/C20H22O4/c1-5-7-15(8-6-2)19(20(23)24)18(22)12-16-11-13(3)9-10-17(16)14(4)21/h1,7,9-11,21-22H,4,6,8,12H2,2-3H3,(H,23,24)/b15-7-,19-18-. The molecular weight excluding hydrogens is 304 g/mol. The lowest BCUT2D eigenvalue weighted by Gasteiger charge is -2.13. The molecule has 3 N–H and O–H groups in total. The number of hydrogen-bond donors (Lipinski definition) is 3. The number of aryl methyl sites for hydroxylation is 1.